The van der Waals surface area contributed by atoms with Crippen LogP contribution in [0.2, 0.25) is 0 Å². The average molecular weight is 228 g/mol. The zero-order valence-corrected chi connectivity index (χ0v) is 10.2. The van der Waals surface area contributed by atoms with Crippen LogP contribution in [0.5, 0.6) is 5.75 Å². The minimum absolute atomic E-state index is 0.604. The number of rotatable bonds is 2. The molecule has 1 aromatic carbocycles. The van der Waals surface area contributed by atoms with Crippen molar-refractivity contribution in [2.24, 2.45) is 0 Å². The summed E-state index contributed by atoms with van der Waals surface area (Å²) in [6.45, 7) is 2.05. The number of anilines is 1. The van der Waals surface area contributed by atoms with E-state index in [9.17, 15) is 0 Å². The molecule has 1 aliphatic carbocycles. The SMILES string of the molecule is COc1ccc(C)c2c(N)cc(C3CC3)nc12. The Hall–Kier alpha value is -1.77. The molecule has 3 nitrogen and oxygen atoms in total. The van der Waals surface area contributed by atoms with Crippen LogP contribution in [0.15, 0.2) is 18.2 Å². The summed E-state index contributed by atoms with van der Waals surface area (Å²) in [5.74, 6) is 1.41. The van der Waals surface area contributed by atoms with E-state index in [0.717, 1.165) is 33.6 Å². The lowest BCUT2D eigenvalue weighted by atomic mass is 10.1. The van der Waals surface area contributed by atoms with Crippen LogP contribution < -0.4 is 10.5 Å². The summed E-state index contributed by atoms with van der Waals surface area (Å²) < 4.78 is 5.37. The molecule has 88 valence electrons. The molecule has 1 fully saturated rings. The molecule has 1 aromatic heterocycles. The predicted molar refractivity (Wildman–Crippen MR) is 69.4 cm³/mol. The molecule has 1 saturated carbocycles. The zero-order chi connectivity index (χ0) is 12.0. The average Bonchev–Trinajstić information content (AvgIpc) is 3.12. The second-order valence-electron chi connectivity index (χ2n) is 4.72. The summed E-state index contributed by atoms with van der Waals surface area (Å²) >= 11 is 0. The molecule has 0 spiro atoms. The van der Waals surface area contributed by atoms with Gasteiger partial charge in [-0.3, -0.25) is 0 Å². The van der Waals surface area contributed by atoms with Crippen LogP contribution in [0, 0.1) is 6.92 Å². The minimum Gasteiger partial charge on any atom is -0.494 e. The molecule has 17 heavy (non-hydrogen) atoms. The first-order chi connectivity index (χ1) is 8.20. The van der Waals surface area contributed by atoms with Crippen LogP contribution in [0.25, 0.3) is 10.9 Å². The third-order valence-electron chi connectivity index (χ3n) is 3.40. The Morgan fingerprint density at radius 1 is 1.35 bits per heavy atom. The number of hydrogen-bond acceptors (Lipinski definition) is 3. The van der Waals surface area contributed by atoms with Gasteiger partial charge in [0.15, 0.2) is 0 Å². The van der Waals surface area contributed by atoms with Crippen molar-refractivity contribution >= 4 is 16.6 Å². The van der Waals surface area contributed by atoms with Gasteiger partial charge in [-0.05, 0) is 37.5 Å². The highest BCUT2D eigenvalue weighted by Gasteiger charge is 2.26. The van der Waals surface area contributed by atoms with Crippen LogP contribution in [0.3, 0.4) is 0 Å². The van der Waals surface area contributed by atoms with Gasteiger partial charge in [-0.2, -0.15) is 0 Å². The fourth-order valence-electron chi connectivity index (χ4n) is 2.29. The Morgan fingerprint density at radius 2 is 2.12 bits per heavy atom. The summed E-state index contributed by atoms with van der Waals surface area (Å²) in [6, 6.07) is 6.00. The molecule has 2 N–H and O–H groups in total. The van der Waals surface area contributed by atoms with E-state index in [1.165, 1.54) is 12.8 Å². The quantitative estimate of drug-likeness (QED) is 0.859. The maximum absolute atomic E-state index is 6.15. The fraction of sp³-hybridized carbons (Fsp3) is 0.357. The molecule has 0 atom stereocenters. The second kappa shape index (κ2) is 3.62. The van der Waals surface area contributed by atoms with Gasteiger partial charge in [-0.1, -0.05) is 6.07 Å². The van der Waals surface area contributed by atoms with E-state index in [2.05, 4.69) is 6.92 Å². The van der Waals surface area contributed by atoms with E-state index in [4.69, 9.17) is 15.5 Å². The van der Waals surface area contributed by atoms with E-state index < -0.39 is 0 Å². The molecular formula is C14H16N2O. The van der Waals surface area contributed by atoms with Crippen molar-refractivity contribution in [3.8, 4) is 5.75 Å². The Morgan fingerprint density at radius 3 is 2.76 bits per heavy atom. The third-order valence-corrected chi connectivity index (χ3v) is 3.40. The highest BCUT2D eigenvalue weighted by Crippen LogP contribution is 2.42. The number of methoxy groups -OCH3 is 1. The highest BCUT2D eigenvalue weighted by atomic mass is 16.5. The zero-order valence-electron chi connectivity index (χ0n) is 10.2. The smallest absolute Gasteiger partial charge is 0.145 e. The molecule has 0 amide bonds. The van der Waals surface area contributed by atoms with Crippen molar-refractivity contribution in [1.29, 1.82) is 0 Å². The van der Waals surface area contributed by atoms with Gasteiger partial charge in [0, 0.05) is 22.7 Å². The second-order valence-corrected chi connectivity index (χ2v) is 4.72. The Bertz CT molecular complexity index is 588. The Kier molecular flexibility index (Phi) is 2.21. The van der Waals surface area contributed by atoms with Crippen molar-refractivity contribution in [2.45, 2.75) is 25.7 Å². The van der Waals surface area contributed by atoms with E-state index in [0.29, 0.717) is 5.92 Å². The van der Waals surface area contributed by atoms with E-state index >= 15 is 0 Å². The van der Waals surface area contributed by atoms with Crippen LogP contribution in [0.1, 0.15) is 30.0 Å². The monoisotopic (exact) mass is 228 g/mol. The number of aryl methyl sites for hydroxylation is 1. The van der Waals surface area contributed by atoms with Crippen LogP contribution in [-0.2, 0) is 0 Å². The first kappa shape index (κ1) is 10.4. The summed E-state index contributed by atoms with van der Waals surface area (Å²) in [5, 5.41) is 1.02. The number of nitrogens with two attached hydrogens (primary N) is 1. The van der Waals surface area contributed by atoms with Crippen molar-refractivity contribution < 1.29 is 4.74 Å². The number of pyridine rings is 1. The lowest BCUT2D eigenvalue weighted by Gasteiger charge is -2.11. The lowest BCUT2D eigenvalue weighted by Crippen LogP contribution is -1.98. The van der Waals surface area contributed by atoms with Crippen LogP contribution in [-0.4, -0.2) is 12.1 Å². The first-order valence-electron chi connectivity index (χ1n) is 5.94. The summed E-state index contributed by atoms with van der Waals surface area (Å²) in [6.07, 6.45) is 2.46. The lowest BCUT2D eigenvalue weighted by molar-refractivity contribution is 0.418. The van der Waals surface area contributed by atoms with Gasteiger partial charge in [0.05, 0.1) is 7.11 Å². The van der Waals surface area contributed by atoms with Crippen molar-refractivity contribution in [3.63, 3.8) is 0 Å². The number of benzene rings is 1. The Balaban J connectivity index is 2.33. The topological polar surface area (TPSA) is 48.1 Å². The van der Waals surface area contributed by atoms with Gasteiger partial charge in [0.2, 0.25) is 0 Å². The van der Waals surface area contributed by atoms with Crippen molar-refractivity contribution in [1.82, 2.24) is 4.98 Å². The van der Waals surface area contributed by atoms with Crippen LogP contribution in [0.4, 0.5) is 5.69 Å². The highest BCUT2D eigenvalue weighted by molar-refractivity contribution is 5.96. The van der Waals surface area contributed by atoms with Gasteiger partial charge < -0.3 is 10.5 Å². The van der Waals surface area contributed by atoms with Gasteiger partial charge in [0.25, 0.3) is 0 Å². The maximum atomic E-state index is 6.15. The van der Waals surface area contributed by atoms with E-state index in [1.54, 1.807) is 7.11 Å². The van der Waals surface area contributed by atoms with Crippen LogP contribution >= 0.6 is 0 Å². The molecule has 2 aromatic rings. The largest absolute Gasteiger partial charge is 0.494 e. The standard InChI is InChI=1S/C14H16N2O/c1-8-3-6-12(17-2)14-13(8)10(15)7-11(16-14)9-4-5-9/h3,6-7,9H,4-5H2,1-2H3,(H2,15,16). The third kappa shape index (κ3) is 1.62. The number of ether oxygens (including phenoxy) is 1. The number of fused-ring (bicyclic) bond motifs is 1. The normalized spacial score (nSPS) is 15.2. The van der Waals surface area contributed by atoms with Crippen molar-refractivity contribution in [3.05, 3.63) is 29.5 Å². The molecule has 0 bridgehead atoms. The fourth-order valence-corrected chi connectivity index (χ4v) is 2.29. The van der Waals surface area contributed by atoms with Gasteiger partial charge >= 0.3 is 0 Å². The number of aromatic nitrogens is 1. The number of nitrogen functional groups attached to an aromatic ring is 1. The molecule has 0 radical (unpaired) electrons. The predicted octanol–water partition coefficient (Wildman–Crippen LogP) is 3.01. The molecule has 1 aliphatic rings. The summed E-state index contributed by atoms with van der Waals surface area (Å²) in [7, 11) is 1.67. The molecule has 3 heteroatoms. The molecule has 0 aliphatic heterocycles. The first-order valence-corrected chi connectivity index (χ1v) is 5.94. The molecule has 0 unspecified atom stereocenters. The Labute approximate surface area is 101 Å². The molecule has 1 heterocycles. The van der Waals surface area contributed by atoms with Gasteiger partial charge in [-0.25, -0.2) is 4.98 Å². The maximum Gasteiger partial charge on any atom is 0.145 e. The summed E-state index contributed by atoms with van der Waals surface area (Å²) in [4.78, 5) is 4.72. The summed E-state index contributed by atoms with van der Waals surface area (Å²) in [5.41, 5.74) is 10.1. The van der Waals surface area contributed by atoms with E-state index in [1.807, 2.05) is 18.2 Å². The van der Waals surface area contributed by atoms with Crippen molar-refractivity contribution in [2.75, 3.05) is 12.8 Å². The van der Waals surface area contributed by atoms with Gasteiger partial charge in [0.1, 0.15) is 11.3 Å². The molecule has 3 rings (SSSR count). The number of hydrogen-bond donors (Lipinski definition) is 1. The molecular weight excluding hydrogens is 212 g/mol. The number of nitrogens with zero attached hydrogens (tertiary/aromatic N) is 1. The molecule has 0 saturated heterocycles. The van der Waals surface area contributed by atoms with E-state index in [-0.39, 0.29) is 0 Å². The van der Waals surface area contributed by atoms with Gasteiger partial charge in [-0.15, -0.1) is 0 Å². The minimum atomic E-state index is 0.604.